The molecule has 1 aromatic heterocycles. The molecule has 0 saturated heterocycles. The van der Waals surface area contributed by atoms with Gasteiger partial charge in [-0.15, -0.1) is 0 Å². The summed E-state index contributed by atoms with van der Waals surface area (Å²) in [6.07, 6.45) is 4.74. The maximum Gasteiger partial charge on any atom is 0.223 e. The molecule has 0 unspecified atom stereocenters. The molecule has 0 aliphatic rings. The third-order valence-electron chi connectivity index (χ3n) is 3.16. The van der Waals surface area contributed by atoms with E-state index in [1.807, 2.05) is 24.9 Å². The van der Waals surface area contributed by atoms with Crippen molar-refractivity contribution in [1.29, 1.82) is 0 Å². The van der Waals surface area contributed by atoms with Gasteiger partial charge in [0.25, 0.3) is 0 Å². The summed E-state index contributed by atoms with van der Waals surface area (Å²) >= 11 is 4.81. The zero-order valence-corrected chi connectivity index (χ0v) is 13.2. The van der Waals surface area contributed by atoms with Gasteiger partial charge in [0.15, 0.2) is 0 Å². The predicted molar refractivity (Wildman–Crippen MR) is 83.2 cm³/mol. The van der Waals surface area contributed by atoms with E-state index >= 15 is 0 Å². The van der Waals surface area contributed by atoms with Crippen LogP contribution >= 0.6 is 12.2 Å². The van der Waals surface area contributed by atoms with Crippen LogP contribution < -0.4 is 5.73 Å². The van der Waals surface area contributed by atoms with E-state index in [4.69, 9.17) is 18.0 Å². The van der Waals surface area contributed by atoms with Gasteiger partial charge in [0.05, 0.1) is 11.5 Å². The summed E-state index contributed by atoms with van der Waals surface area (Å²) in [5.41, 5.74) is 5.43. The molecule has 20 heavy (non-hydrogen) atoms. The van der Waals surface area contributed by atoms with Gasteiger partial charge in [0.1, 0.15) is 5.82 Å². The molecule has 1 aromatic rings. The molecule has 1 amide bonds. The van der Waals surface area contributed by atoms with Gasteiger partial charge in [-0.25, -0.2) is 4.98 Å². The molecular weight excluding hydrogens is 274 g/mol. The van der Waals surface area contributed by atoms with Gasteiger partial charge in [-0.05, 0) is 7.05 Å². The molecule has 0 aromatic carbocycles. The van der Waals surface area contributed by atoms with E-state index in [1.165, 1.54) is 0 Å². The summed E-state index contributed by atoms with van der Waals surface area (Å²) in [4.78, 5) is 20.4. The third-order valence-corrected chi connectivity index (χ3v) is 3.36. The highest BCUT2D eigenvalue weighted by atomic mass is 32.1. The van der Waals surface area contributed by atoms with Crippen LogP contribution in [0.5, 0.6) is 0 Å². The van der Waals surface area contributed by atoms with Crippen LogP contribution in [-0.4, -0.2) is 57.4 Å². The molecule has 0 fully saturated rings. The molecule has 7 heteroatoms. The monoisotopic (exact) mass is 297 g/mol. The molecule has 112 valence electrons. The zero-order chi connectivity index (χ0) is 15.1. The first-order valence-electron chi connectivity index (χ1n) is 6.57. The SMILES string of the molecule is CN(CCC(=O)N(C)CCC(N)=S)Cc1nccn1C. The van der Waals surface area contributed by atoms with E-state index in [2.05, 4.69) is 9.88 Å². The quantitative estimate of drug-likeness (QED) is 0.703. The Bertz CT molecular complexity index is 459. The standard InChI is InChI=1S/C13H23N5OS/c1-16(10-12-15-6-9-17(12)2)7-5-13(19)18(3)8-4-11(14)20/h6,9H,4-5,7-8,10H2,1-3H3,(H2,14,20). The minimum absolute atomic E-state index is 0.105. The van der Waals surface area contributed by atoms with Crippen molar-refractivity contribution in [1.82, 2.24) is 19.4 Å². The molecule has 2 N–H and O–H groups in total. The zero-order valence-electron chi connectivity index (χ0n) is 12.4. The molecule has 1 rings (SSSR count). The Morgan fingerprint density at radius 1 is 1.40 bits per heavy atom. The molecular formula is C13H23N5OS. The van der Waals surface area contributed by atoms with Crippen LogP contribution in [0.25, 0.3) is 0 Å². The van der Waals surface area contributed by atoms with Crippen molar-refractivity contribution in [2.24, 2.45) is 12.8 Å². The molecule has 1 heterocycles. The Kier molecular flexibility index (Phi) is 6.60. The average molecular weight is 297 g/mol. The van der Waals surface area contributed by atoms with Crippen LogP contribution in [0.4, 0.5) is 0 Å². The molecule has 6 nitrogen and oxygen atoms in total. The second kappa shape index (κ2) is 7.96. The van der Waals surface area contributed by atoms with Gasteiger partial charge in [-0.2, -0.15) is 0 Å². The predicted octanol–water partition coefficient (Wildman–Crippen LogP) is 0.377. The lowest BCUT2D eigenvalue weighted by Crippen LogP contribution is -2.33. The Hall–Kier alpha value is -1.47. The topological polar surface area (TPSA) is 67.4 Å². The van der Waals surface area contributed by atoms with Crippen molar-refractivity contribution in [2.75, 3.05) is 27.2 Å². The van der Waals surface area contributed by atoms with Gasteiger partial charge in [0, 0.05) is 52.4 Å². The number of aryl methyl sites for hydroxylation is 1. The number of carbonyl (C=O) groups excluding carboxylic acids is 1. The van der Waals surface area contributed by atoms with Gasteiger partial charge < -0.3 is 15.2 Å². The van der Waals surface area contributed by atoms with Crippen LogP contribution in [0.1, 0.15) is 18.7 Å². The fraction of sp³-hybridized carbons (Fsp3) is 0.615. The number of imidazole rings is 1. The first-order chi connectivity index (χ1) is 9.40. The highest BCUT2D eigenvalue weighted by Gasteiger charge is 2.11. The summed E-state index contributed by atoms with van der Waals surface area (Å²) in [7, 11) is 5.72. The number of hydrogen-bond acceptors (Lipinski definition) is 4. The van der Waals surface area contributed by atoms with Gasteiger partial charge in [-0.1, -0.05) is 12.2 Å². The van der Waals surface area contributed by atoms with Crippen molar-refractivity contribution in [2.45, 2.75) is 19.4 Å². The number of aromatic nitrogens is 2. The van der Waals surface area contributed by atoms with Crippen LogP contribution in [0.2, 0.25) is 0 Å². The van der Waals surface area contributed by atoms with Crippen LogP contribution in [0.15, 0.2) is 12.4 Å². The van der Waals surface area contributed by atoms with Crippen molar-refractivity contribution in [3.05, 3.63) is 18.2 Å². The smallest absolute Gasteiger partial charge is 0.223 e. The number of amides is 1. The maximum absolute atomic E-state index is 11.9. The molecule has 0 saturated carbocycles. The summed E-state index contributed by atoms with van der Waals surface area (Å²) in [6.45, 7) is 2.01. The van der Waals surface area contributed by atoms with Crippen molar-refractivity contribution >= 4 is 23.1 Å². The Balaban J connectivity index is 2.29. The Morgan fingerprint density at radius 2 is 2.10 bits per heavy atom. The van der Waals surface area contributed by atoms with Crippen LogP contribution in [-0.2, 0) is 18.4 Å². The van der Waals surface area contributed by atoms with Gasteiger partial charge >= 0.3 is 0 Å². The van der Waals surface area contributed by atoms with E-state index < -0.39 is 0 Å². The normalized spacial score (nSPS) is 10.8. The van der Waals surface area contributed by atoms with E-state index in [0.717, 1.165) is 12.4 Å². The first kappa shape index (κ1) is 16.6. The second-order valence-electron chi connectivity index (χ2n) is 4.97. The number of thiocarbonyl (C=S) groups is 1. The molecule has 0 radical (unpaired) electrons. The largest absolute Gasteiger partial charge is 0.393 e. The number of rotatable bonds is 8. The minimum atomic E-state index is 0.105. The summed E-state index contributed by atoms with van der Waals surface area (Å²) in [5.74, 6) is 1.09. The number of hydrogen-bond donors (Lipinski definition) is 1. The van der Waals surface area contributed by atoms with E-state index in [-0.39, 0.29) is 5.91 Å². The third kappa shape index (κ3) is 5.66. The summed E-state index contributed by atoms with van der Waals surface area (Å²) < 4.78 is 1.98. The lowest BCUT2D eigenvalue weighted by molar-refractivity contribution is -0.130. The lowest BCUT2D eigenvalue weighted by atomic mass is 10.3. The van der Waals surface area contributed by atoms with Crippen molar-refractivity contribution in [3.63, 3.8) is 0 Å². The molecule has 0 spiro atoms. The van der Waals surface area contributed by atoms with Crippen molar-refractivity contribution in [3.8, 4) is 0 Å². The van der Waals surface area contributed by atoms with Gasteiger partial charge in [0.2, 0.25) is 5.91 Å². The van der Waals surface area contributed by atoms with E-state index in [1.54, 1.807) is 18.1 Å². The molecule has 0 aliphatic heterocycles. The number of carbonyl (C=O) groups is 1. The van der Waals surface area contributed by atoms with Gasteiger partial charge in [-0.3, -0.25) is 9.69 Å². The fourth-order valence-electron chi connectivity index (χ4n) is 1.75. The highest BCUT2D eigenvalue weighted by Crippen LogP contribution is 2.01. The summed E-state index contributed by atoms with van der Waals surface area (Å²) in [5, 5.41) is 0. The number of nitrogens with two attached hydrogens (primary N) is 1. The maximum atomic E-state index is 11.9. The molecule has 0 aliphatic carbocycles. The average Bonchev–Trinajstić information content (AvgIpc) is 2.78. The minimum Gasteiger partial charge on any atom is -0.393 e. The lowest BCUT2D eigenvalue weighted by Gasteiger charge is -2.20. The molecule has 0 bridgehead atoms. The van der Waals surface area contributed by atoms with Crippen LogP contribution in [0, 0.1) is 0 Å². The van der Waals surface area contributed by atoms with E-state index in [9.17, 15) is 4.79 Å². The van der Waals surface area contributed by atoms with E-state index in [0.29, 0.717) is 30.9 Å². The summed E-state index contributed by atoms with van der Waals surface area (Å²) in [6, 6.07) is 0. The number of nitrogens with zero attached hydrogens (tertiary/aromatic N) is 4. The van der Waals surface area contributed by atoms with Crippen LogP contribution in [0.3, 0.4) is 0 Å². The Labute approximate surface area is 125 Å². The Morgan fingerprint density at radius 3 is 2.65 bits per heavy atom. The first-order valence-corrected chi connectivity index (χ1v) is 6.98. The molecule has 0 atom stereocenters. The van der Waals surface area contributed by atoms with Crippen molar-refractivity contribution < 1.29 is 4.79 Å². The fourth-order valence-corrected chi connectivity index (χ4v) is 1.84. The second-order valence-corrected chi connectivity index (χ2v) is 5.50. The highest BCUT2D eigenvalue weighted by molar-refractivity contribution is 7.80.